The van der Waals surface area contributed by atoms with Crippen LogP contribution in [0, 0.1) is 0 Å². The van der Waals surface area contributed by atoms with Crippen LogP contribution in [0.25, 0.3) is 0 Å². The highest BCUT2D eigenvalue weighted by Crippen LogP contribution is 2.24. The van der Waals surface area contributed by atoms with Gasteiger partial charge in [-0.1, -0.05) is 19.8 Å². The molecule has 0 aliphatic heterocycles. The van der Waals surface area contributed by atoms with Gasteiger partial charge in [0.2, 0.25) is 0 Å². The Balaban J connectivity index is 2.47. The maximum atomic E-state index is 9.84. The number of aliphatic hydroxyl groups excluding tert-OH is 1. The molecule has 2 nitrogen and oxygen atoms in total. The second-order valence-electron chi connectivity index (χ2n) is 4.34. The molecule has 0 radical (unpaired) electrons. The number of likely N-dealkylation sites (N-methyl/N-ethyl adjacent to an activating group) is 1. The SMILES string of the molecule is CCC(C)N(C)[C@H]1CCCC[C@@H]1O. The molecule has 2 heteroatoms. The van der Waals surface area contributed by atoms with E-state index < -0.39 is 0 Å². The zero-order valence-corrected chi connectivity index (χ0v) is 9.16. The van der Waals surface area contributed by atoms with Crippen molar-refractivity contribution in [1.82, 2.24) is 4.90 Å². The Hall–Kier alpha value is -0.0800. The lowest BCUT2D eigenvalue weighted by Crippen LogP contribution is -2.47. The van der Waals surface area contributed by atoms with Crippen molar-refractivity contribution in [1.29, 1.82) is 0 Å². The summed E-state index contributed by atoms with van der Waals surface area (Å²) in [7, 11) is 2.15. The lowest BCUT2D eigenvalue weighted by molar-refractivity contribution is 0.0153. The molecule has 1 N–H and O–H groups in total. The van der Waals surface area contributed by atoms with Crippen molar-refractivity contribution in [3.63, 3.8) is 0 Å². The van der Waals surface area contributed by atoms with Crippen LogP contribution < -0.4 is 0 Å². The smallest absolute Gasteiger partial charge is 0.0695 e. The Morgan fingerprint density at radius 1 is 1.38 bits per heavy atom. The highest BCUT2D eigenvalue weighted by Gasteiger charge is 2.28. The number of hydrogen-bond acceptors (Lipinski definition) is 2. The first-order valence-corrected chi connectivity index (χ1v) is 5.56. The fourth-order valence-corrected chi connectivity index (χ4v) is 2.18. The quantitative estimate of drug-likeness (QED) is 0.727. The van der Waals surface area contributed by atoms with Crippen LogP contribution in [0.1, 0.15) is 46.0 Å². The van der Waals surface area contributed by atoms with Crippen LogP contribution in [0.5, 0.6) is 0 Å². The molecule has 0 aromatic carbocycles. The van der Waals surface area contributed by atoms with Crippen LogP contribution in [0.2, 0.25) is 0 Å². The van der Waals surface area contributed by atoms with Crippen LogP contribution in [0.3, 0.4) is 0 Å². The topological polar surface area (TPSA) is 23.5 Å². The van der Waals surface area contributed by atoms with Crippen molar-refractivity contribution in [2.24, 2.45) is 0 Å². The van der Waals surface area contributed by atoms with E-state index >= 15 is 0 Å². The van der Waals surface area contributed by atoms with Crippen LogP contribution in [0.4, 0.5) is 0 Å². The monoisotopic (exact) mass is 185 g/mol. The summed E-state index contributed by atoms with van der Waals surface area (Å²) in [4.78, 5) is 2.35. The Morgan fingerprint density at radius 3 is 2.54 bits per heavy atom. The van der Waals surface area contributed by atoms with Crippen LogP contribution in [0.15, 0.2) is 0 Å². The molecule has 78 valence electrons. The summed E-state index contributed by atoms with van der Waals surface area (Å²) >= 11 is 0. The Labute approximate surface area is 81.9 Å². The Morgan fingerprint density at radius 2 is 2.00 bits per heavy atom. The van der Waals surface area contributed by atoms with Gasteiger partial charge in [0.1, 0.15) is 0 Å². The van der Waals surface area contributed by atoms with Gasteiger partial charge in [-0.2, -0.15) is 0 Å². The fraction of sp³-hybridized carbons (Fsp3) is 1.00. The average Bonchev–Trinajstić information content (AvgIpc) is 2.16. The van der Waals surface area contributed by atoms with Crippen molar-refractivity contribution in [2.45, 2.75) is 64.1 Å². The summed E-state index contributed by atoms with van der Waals surface area (Å²) in [6, 6.07) is 1.00. The third-order valence-electron chi connectivity index (χ3n) is 3.50. The van der Waals surface area contributed by atoms with Gasteiger partial charge in [0.15, 0.2) is 0 Å². The van der Waals surface area contributed by atoms with Gasteiger partial charge in [-0.05, 0) is 33.2 Å². The summed E-state index contributed by atoms with van der Waals surface area (Å²) in [5, 5.41) is 9.84. The van der Waals surface area contributed by atoms with Crippen molar-refractivity contribution >= 4 is 0 Å². The summed E-state index contributed by atoms with van der Waals surface area (Å²) in [5.41, 5.74) is 0. The molecule has 0 aromatic rings. The first-order chi connectivity index (χ1) is 6.16. The van der Waals surface area contributed by atoms with Crippen molar-refractivity contribution in [2.75, 3.05) is 7.05 Å². The normalized spacial score (nSPS) is 32.1. The van der Waals surface area contributed by atoms with E-state index in [-0.39, 0.29) is 6.10 Å². The minimum atomic E-state index is -0.0900. The molecule has 13 heavy (non-hydrogen) atoms. The van der Waals surface area contributed by atoms with Gasteiger partial charge in [0.05, 0.1) is 6.10 Å². The molecule has 3 atom stereocenters. The molecular weight excluding hydrogens is 162 g/mol. The van der Waals surface area contributed by atoms with Gasteiger partial charge in [-0.25, -0.2) is 0 Å². The van der Waals surface area contributed by atoms with Crippen LogP contribution in [-0.2, 0) is 0 Å². The fourth-order valence-electron chi connectivity index (χ4n) is 2.18. The molecule has 0 bridgehead atoms. The number of aliphatic hydroxyl groups is 1. The van der Waals surface area contributed by atoms with Gasteiger partial charge in [0.25, 0.3) is 0 Å². The average molecular weight is 185 g/mol. The zero-order chi connectivity index (χ0) is 9.84. The van der Waals surface area contributed by atoms with E-state index in [0.717, 1.165) is 6.42 Å². The van der Waals surface area contributed by atoms with Gasteiger partial charge in [-0.3, -0.25) is 4.90 Å². The lowest BCUT2D eigenvalue weighted by atomic mass is 9.91. The molecule has 0 heterocycles. The zero-order valence-electron chi connectivity index (χ0n) is 9.16. The summed E-state index contributed by atoms with van der Waals surface area (Å²) in [6.45, 7) is 4.44. The molecule has 1 aliphatic rings. The molecule has 1 unspecified atom stereocenters. The minimum absolute atomic E-state index is 0.0900. The van der Waals surface area contributed by atoms with E-state index in [4.69, 9.17) is 0 Å². The molecule has 0 aromatic heterocycles. The highest BCUT2D eigenvalue weighted by molar-refractivity contribution is 4.83. The second kappa shape index (κ2) is 4.97. The Bertz CT molecular complexity index is 149. The van der Waals surface area contributed by atoms with E-state index in [0.29, 0.717) is 12.1 Å². The lowest BCUT2D eigenvalue weighted by Gasteiger charge is -2.38. The third-order valence-corrected chi connectivity index (χ3v) is 3.50. The van der Waals surface area contributed by atoms with Crippen LogP contribution in [-0.4, -0.2) is 35.2 Å². The molecule has 1 fully saturated rings. The maximum Gasteiger partial charge on any atom is 0.0695 e. The molecule has 0 saturated heterocycles. The van der Waals surface area contributed by atoms with Gasteiger partial charge in [-0.15, -0.1) is 0 Å². The molecule has 1 saturated carbocycles. The largest absolute Gasteiger partial charge is 0.391 e. The van der Waals surface area contributed by atoms with E-state index in [2.05, 4.69) is 25.8 Å². The van der Waals surface area contributed by atoms with Gasteiger partial charge in [0, 0.05) is 12.1 Å². The Kier molecular flexibility index (Phi) is 4.20. The molecule has 1 rings (SSSR count). The second-order valence-corrected chi connectivity index (χ2v) is 4.34. The van der Waals surface area contributed by atoms with Crippen molar-refractivity contribution in [3.8, 4) is 0 Å². The van der Waals surface area contributed by atoms with Gasteiger partial charge >= 0.3 is 0 Å². The standard InChI is InChI=1S/C11H23NO/c1-4-9(2)12(3)10-7-5-6-8-11(10)13/h9-11,13H,4-8H2,1-3H3/t9?,10-,11-/m0/s1. The molecule has 0 amide bonds. The van der Waals surface area contributed by atoms with E-state index in [1.165, 1.54) is 25.7 Å². The molecule has 1 aliphatic carbocycles. The number of nitrogens with zero attached hydrogens (tertiary/aromatic N) is 1. The molecule has 0 spiro atoms. The van der Waals surface area contributed by atoms with Crippen molar-refractivity contribution in [3.05, 3.63) is 0 Å². The number of rotatable bonds is 3. The predicted octanol–water partition coefficient (Wildman–Crippen LogP) is 2.02. The van der Waals surface area contributed by atoms with Crippen LogP contribution >= 0.6 is 0 Å². The van der Waals surface area contributed by atoms with E-state index in [1.807, 2.05) is 0 Å². The summed E-state index contributed by atoms with van der Waals surface area (Å²) in [6.07, 6.45) is 5.72. The predicted molar refractivity (Wildman–Crippen MR) is 55.8 cm³/mol. The summed E-state index contributed by atoms with van der Waals surface area (Å²) in [5.74, 6) is 0. The third kappa shape index (κ3) is 2.68. The first kappa shape index (κ1) is 11.0. The maximum absolute atomic E-state index is 9.84. The molecular formula is C11H23NO. The highest BCUT2D eigenvalue weighted by atomic mass is 16.3. The summed E-state index contributed by atoms with van der Waals surface area (Å²) < 4.78 is 0. The minimum Gasteiger partial charge on any atom is -0.391 e. The van der Waals surface area contributed by atoms with E-state index in [9.17, 15) is 5.11 Å². The van der Waals surface area contributed by atoms with Gasteiger partial charge < -0.3 is 5.11 Å². The van der Waals surface area contributed by atoms with Crippen molar-refractivity contribution < 1.29 is 5.11 Å². The first-order valence-electron chi connectivity index (χ1n) is 5.56. The number of hydrogen-bond donors (Lipinski definition) is 1. The van der Waals surface area contributed by atoms with E-state index in [1.54, 1.807) is 0 Å².